The van der Waals surface area contributed by atoms with E-state index in [0.29, 0.717) is 23.7 Å². The molecule has 0 aliphatic rings. The van der Waals surface area contributed by atoms with Crippen molar-refractivity contribution in [3.63, 3.8) is 0 Å². The van der Waals surface area contributed by atoms with E-state index in [1.54, 1.807) is 24.4 Å². The number of hydrogen-bond donors (Lipinski definition) is 1. The quantitative estimate of drug-likeness (QED) is 0.872. The van der Waals surface area contributed by atoms with Gasteiger partial charge in [-0.25, -0.2) is 9.37 Å². The molecule has 5 heteroatoms. The first-order valence-corrected chi connectivity index (χ1v) is 5.17. The summed E-state index contributed by atoms with van der Waals surface area (Å²) in [7, 11) is 0. The SMILES string of the molecule is NCc1cncc(OCc2ccccc2F)n1. The van der Waals surface area contributed by atoms with Crippen LogP contribution in [-0.4, -0.2) is 9.97 Å². The average molecular weight is 233 g/mol. The maximum atomic E-state index is 13.3. The van der Waals surface area contributed by atoms with Gasteiger partial charge in [0.1, 0.15) is 12.4 Å². The second-order valence-electron chi connectivity index (χ2n) is 3.43. The third kappa shape index (κ3) is 2.98. The van der Waals surface area contributed by atoms with Gasteiger partial charge < -0.3 is 10.5 Å². The molecule has 0 unspecified atom stereocenters. The van der Waals surface area contributed by atoms with Crippen molar-refractivity contribution < 1.29 is 9.13 Å². The van der Waals surface area contributed by atoms with Gasteiger partial charge in [-0.1, -0.05) is 18.2 Å². The molecule has 0 saturated carbocycles. The first kappa shape index (κ1) is 11.5. The number of ether oxygens (including phenoxy) is 1. The van der Waals surface area contributed by atoms with Crippen molar-refractivity contribution in [1.29, 1.82) is 0 Å². The zero-order valence-corrected chi connectivity index (χ0v) is 9.14. The van der Waals surface area contributed by atoms with Gasteiger partial charge in [0, 0.05) is 18.3 Å². The Morgan fingerprint density at radius 2 is 2.06 bits per heavy atom. The van der Waals surface area contributed by atoms with Gasteiger partial charge >= 0.3 is 0 Å². The first-order valence-electron chi connectivity index (χ1n) is 5.17. The summed E-state index contributed by atoms with van der Waals surface area (Å²) in [4.78, 5) is 8.03. The molecule has 1 aromatic heterocycles. The van der Waals surface area contributed by atoms with Crippen molar-refractivity contribution in [2.45, 2.75) is 13.2 Å². The third-order valence-corrected chi connectivity index (χ3v) is 2.20. The Morgan fingerprint density at radius 3 is 2.82 bits per heavy atom. The topological polar surface area (TPSA) is 61.0 Å². The van der Waals surface area contributed by atoms with E-state index in [1.165, 1.54) is 12.3 Å². The van der Waals surface area contributed by atoms with Crippen LogP contribution in [0.3, 0.4) is 0 Å². The molecule has 0 aliphatic carbocycles. The third-order valence-electron chi connectivity index (χ3n) is 2.20. The van der Waals surface area contributed by atoms with Crippen molar-refractivity contribution in [1.82, 2.24) is 9.97 Å². The molecule has 0 saturated heterocycles. The molecule has 0 bridgehead atoms. The van der Waals surface area contributed by atoms with Crippen molar-refractivity contribution in [3.8, 4) is 5.88 Å². The fourth-order valence-electron chi connectivity index (χ4n) is 1.32. The second-order valence-corrected chi connectivity index (χ2v) is 3.43. The summed E-state index contributed by atoms with van der Waals surface area (Å²) in [5, 5.41) is 0. The van der Waals surface area contributed by atoms with Crippen molar-refractivity contribution >= 4 is 0 Å². The zero-order chi connectivity index (χ0) is 12.1. The van der Waals surface area contributed by atoms with Gasteiger partial charge in [-0.15, -0.1) is 0 Å². The molecule has 2 aromatic rings. The van der Waals surface area contributed by atoms with Crippen molar-refractivity contribution in [2.75, 3.05) is 0 Å². The smallest absolute Gasteiger partial charge is 0.232 e. The molecule has 0 amide bonds. The zero-order valence-electron chi connectivity index (χ0n) is 9.14. The predicted octanol–water partition coefficient (Wildman–Crippen LogP) is 1.65. The molecule has 0 spiro atoms. The van der Waals surface area contributed by atoms with Gasteiger partial charge in [0.25, 0.3) is 0 Å². The fourth-order valence-corrected chi connectivity index (χ4v) is 1.32. The molecule has 2 N–H and O–H groups in total. The van der Waals surface area contributed by atoms with Crippen LogP contribution in [0.5, 0.6) is 5.88 Å². The molecular formula is C12H12FN3O. The molecule has 0 fully saturated rings. The number of aromatic nitrogens is 2. The monoisotopic (exact) mass is 233 g/mol. The molecule has 1 heterocycles. The second kappa shape index (κ2) is 5.36. The normalized spacial score (nSPS) is 10.2. The molecule has 88 valence electrons. The highest BCUT2D eigenvalue weighted by molar-refractivity contribution is 5.17. The number of nitrogens with zero attached hydrogens (tertiary/aromatic N) is 2. The van der Waals surface area contributed by atoms with Gasteiger partial charge in [0.2, 0.25) is 5.88 Å². The van der Waals surface area contributed by atoms with Crippen LogP contribution >= 0.6 is 0 Å². The van der Waals surface area contributed by atoms with Crippen LogP contribution in [0.25, 0.3) is 0 Å². The van der Waals surface area contributed by atoms with Crippen molar-refractivity contribution in [2.24, 2.45) is 5.73 Å². The lowest BCUT2D eigenvalue weighted by Gasteiger charge is -2.06. The summed E-state index contributed by atoms with van der Waals surface area (Å²) in [5.74, 6) is 0.0478. The predicted molar refractivity (Wildman–Crippen MR) is 60.7 cm³/mol. The molecule has 0 atom stereocenters. The molecule has 4 nitrogen and oxygen atoms in total. The Labute approximate surface area is 98.3 Å². The minimum atomic E-state index is -0.296. The van der Waals surface area contributed by atoms with E-state index in [4.69, 9.17) is 10.5 Å². The maximum absolute atomic E-state index is 13.3. The highest BCUT2D eigenvalue weighted by atomic mass is 19.1. The van der Waals surface area contributed by atoms with Crippen LogP contribution in [0.2, 0.25) is 0 Å². The van der Waals surface area contributed by atoms with E-state index < -0.39 is 0 Å². The summed E-state index contributed by atoms with van der Waals surface area (Å²) >= 11 is 0. The standard InChI is InChI=1S/C12H12FN3O/c13-11-4-2-1-3-9(11)8-17-12-7-15-6-10(5-14)16-12/h1-4,6-7H,5,8,14H2. The summed E-state index contributed by atoms with van der Waals surface area (Å²) in [6.07, 6.45) is 3.04. The molecular weight excluding hydrogens is 221 g/mol. The van der Waals surface area contributed by atoms with Gasteiger partial charge in [0.05, 0.1) is 11.9 Å². The van der Waals surface area contributed by atoms with Crippen molar-refractivity contribution in [3.05, 3.63) is 53.7 Å². The lowest BCUT2D eigenvalue weighted by Crippen LogP contribution is -2.04. The average Bonchev–Trinajstić information content (AvgIpc) is 2.38. The molecule has 0 aliphatic heterocycles. The van der Waals surface area contributed by atoms with Gasteiger partial charge in [-0.3, -0.25) is 4.98 Å². The molecule has 1 aromatic carbocycles. The van der Waals surface area contributed by atoms with Crippen LogP contribution < -0.4 is 10.5 Å². The van der Waals surface area contributed by atoms with E-state index in [9.17, 15) is 4.39 Å². The lowest BCUT2D eigenvalue weighted by molar-refractivity contribution is 0.286. The first-order chi connectivity index (χ1) is 8.29. The van der Waals surface area contributed by atoms with Crippen LogP contribution in [0, 0.1) is 5.82 Å². The molecule has 17 heavy (non-hydrogen) atoms. The number of hydrogen-bond acceptors (Lipinski definition) is 4. The minimum absolute atomic E-state index is 0.120. The Balaban J connectivity index is 2.05. The Bertz CT molecular complexity index is 505. The number of halogens is 1. The van der Waals surface area contributed by atoms with Gasteiger partial charge in [-0.2, -0.15) is 0 Å². The van der Waals surface area contributed by atoms with Crippen LogP contribution in [-0.2, 0) is 13.2 Å². The van der Waals surface area contributed by atoms with E-state index in [-0.39, 0.29) is 12.4 Å². The summed E-state index contributed by atoms with van der Waals surface area (Å²) < 4.78 is 18.6. The molecule has 0 radical (unpaired) electrons. The largest absolute Gasteiger partial charge is 0.472 e. The highest BCUT2D eigenvalue weighted by Crippen LogP contribution is 2.11. The Morgan fingerprint density at radius 1 is 1.24 bits per heavy atom. The van der Waals surface area contributed by atoms with Crippen LogP contribution in [0.4, 0.5) is 4.39 Å². The van der Waals surface area contributed by atoms with E-state index in [0.717, 1.165) is 0 Å². The Hall–Kier alpha value is -2.01. The van der Waals surface area contributed by atoms with E-state index >= 15 is 0 Å². The van der Waals surface area contributed by atoms with E-state index in [1.807, 2.05) is 0 Å². The van der Waals surface area contributed by atoms with Gasteiger partial charge in [-0.05, 0) is 6.07 Å². The Kier molecular flexibility index (Phi) is 3.62. The summed E-state index contributed by atoms with van der Waals surface area (Å²) in [6, 6.07) is 6.44. The van der Waals surface area contributed by atoms with Gasteiger partial charge in [0.15, 0.2) is 0 Å². The lowest BCUT2D eigenvalue weighted by atomic mass is 10.2. The molecule has 2 rings (SSSR count). The summed E-state index contributed by atoms with van der Waals surface area (Å²) in [6.45, 7) is 0.416. The number of benzene rings is 1. The summed E-state index contributed by atoms with van der Waals surface area (Å²) in [5.41, 5.74) is 6.55. The van der Waals surface area contributed by atoms with E-state index in [2.05, 4.69) is 9.97 Å². The number of nitrogens with two attached hydrogens (primary N) is 1. The maximum Gasteiger partial charge on any atom is 0.232 e. The van der Waals surface area contributed by atoms with Crippen LogP contribution in [0.1, 0.15) is 11.3 Å². The fraction of sp³-hybridized carbons (Fsp3) is 0.167. The number of rotatable bonds is 4. The highest BCUT2D eigenvalue weighted by Gasteiger charge is 2.03. The van der Waals surface area contributed by atoms with Crippen LogP contribution in [0.15, 0.2) is 36.7 Å². The minimum Gasteiger partial charge on any atom is -0.472 e.